The second-order valence-electron chi connectivity index (χ2n) is 5.03. The van der Waals surface area contributed by atoms with Gasteiger partial charge in [0, 0.05) is 33.0 Å². The number of rotatable bonds is 5. The summed E-state index contributed by atoms with van der Waals surface area (Å²) in [7, 11) is 7.56. The SMILES string of the molecule is CN(C)CCn1cc(C(=O)N(C)c2cnn(C)c2)cn1. The predicted octanol–water partition coefficient (Wildman–Crippen LogP) is 0.455. The Labute approximate surface area is 118 Å². The number of hydrogen-bond donors (Lipinski definition) is 0. The third kappa shape index (κ3) is 3.24. The standard InChI is InChI=1S/C13H20N6O/c1-16(2)5-6-19-9-11(7-15-19)13(20)18(4)12-8-14-17(3)10-12/h7-10H,5-6H2,1-4H3. The van der Waals surface area contributed by atoms with Gasteiger partial charge in [0.2, 0.25) is 0 Å². The fourth-order valence-electron chi connectivity index (χ4n) is 1.79. The molecule has 20 heavy (non-hydrogen) atoms. The molecule has 2 rings (SSSR count). The van der Waals surface area contributed by atoms with Gasteiger partial charge in [0.25, 0.3) is 5.91 Å². The van der Waals surface area contributed by atoms with Crippen molar-refractivity contribution in [3.8, 4) is 0 Å². The summed E-state index contributed by atoms with van der Waals surface area (Å²) >= 11 is 0. The number of likely N-dealkylation sites (N-methyl/N-ethyl adjacent to an activating group) is 1. The number of carbonyl (C=O) groups excluding carboxylic acids is 1. The van der Waals surface area contributed by atoms with Crippen molar-refractivity contribution in [2.75, 3.05) is 32.6 Å². The molecular formula is C13H20N6O. The lowest BCUT2D eigenvalue weighted by atomic mass is 10.3. The molecule has 0 fully saturated rings. The van der Waals surface area contributed by atoms with E-state index >= 15 is 0 Å². The third-order valence-corrected chi connectivity index (χ3v) is 3.04. The Morgan fingerprint density at radius 3 is 2.55 bits per heavy atom. The number of anilines is 1. The minimum Gasteiger partial charge on any atom is -0.308 e. The first-order valence-electron chi connectivity index (χ1n) is 6.41. The number of aromatic nitrogens is 4. The molecule has 2 heterocycles. The molecule has 0 atom stereocenters. The van der Waals surface area contributed by atoms with Gasteiger partial charge in [-0.05, 0) is 14.1 Å². The first-order valence-corrected chi connectivity index (χ1v) is 6.41. The largest absolute Gasteiger partial charge is 0.308 e. The van der Waals surface area contributed by atoms with Crippen LogP contribution in [0.4, 0.5) is 5.69 Å². The maximum atomic E-state index is 12.3. The van der Waals surface area contributed by atoms with Gasteiger partial charge < -0.3 is 9.80 Å². The Morgan fingerprint density at radius 1 is 1.20 bits per heavy atom. The summed E-state index contributed by atoms with van der Waals surface area (Å²) in [5.41, 5.74) is 1.34. The van der Waals surface area contributed by atoms with Crippen LogP contribution in [-0.2, 0) is 13.6 Å². The predicted molar refractivity (Wildman–Crippen MR) is 76.7 cm³/mol. The molecule has 0 unspecified atom stereocenters. The van der Waals surface area contributed by atoms with Crippen LogP contribution >= 0.6 is 0 Å². The Bertz CT molecular complexity index is 585. The van der Waals surface area contributed by atoms with Gasteiger partial charge in [-0.3, -0.25) is 14.2 Å². The number of hydrogen-bond acceptors (Lipinski definition) is 4. The molecule has 0 radical (unpaired) electrons. The molecule has 7 nitrogen and oxygen atoms in total. The molecule has 0 aliphatic carbocycles. The number of nitrogens with zero attached hydrogens (tertiary/aromatic N) is 6. The third-order valence-electron chi connectivity index (χ3n) is 3.04. The van der Waals surface area contributed by atoms with Crippen molar-refractivity contribution in [1.82, 2.24) is 24.5 Å². The van der Waals surface area contributed by atoms with Crippen LogP contribution in [-0.4, -0.2) is 58.1 Å². The molecule has 0 aliphatic heterocycles. The van der Waals surface area contributed by atoms with Gasteiger partial charge in [0.1, 0.15) is 0 Å². The molecule has 2 aromatic heterocycles. The van der Waals surface area contributed by atoms with Crippen LogP contribution in [0.3, 0.4) is 0 Å². The van der Waals surface area contributed by atoms with Gasteiger partial charge in [-0.25, -0.2) is 0 Å². The van der Waals surface area contributed by atoms with E-state index in [2.05, 4.69) is 15.1 Å². The van der Waals surface area contributed by atoms with Crippen molar-refractivity contribution < 1.29 is 4.79 Å². The Balaban J connectivity index is 2.05. The van der Waals surface area contributed by atoms with Gasteiger partial charge in [0.05, 0.1) is 30.2 Å². The lowest BCUT2D eigenvalue weighted by Crippen LogP contribution is -2.25. The zero-order valence-corrected chi connectivity index (χ0v) is 12.3. The fourth-order valence-corrected chi connectivity index (χ4v) is 1.79. The highest BCUT2D eigenvalue weighted by molar-refractivity contribution is 6.05. The maximum absolute atomic E-state index is 12.3. The number of aryl methyl sites for hydroxylation is 1. The average molecular weight is 276 g/mol. The summed E-state index contributed by atoms with van der Waals surface area (Å²) in [6.45, 7) is 1.64. The first kappa shape index (κ1) is 14.3. The zero-order chi connectivity index (χ0) is 14.7. The molecule has 2 aromatic rings. The highest BCUT2D eigenvalue weighted by atomic mass is 16.2. The monoisotopic (exact) mass is 276 g/mol. The molecule has 108 valence electrons. The van der Waals surface area contributed by atoms with Crippen LogP contribution in [0.2, 0.25) is 0 Å². The Morgan fingerprint density at radius 2 is 1.95 bits per heavy atom. The second-order valence-corrected chi connectivity index (χ2v) is 5.03. The molecule has 0 bridgehead atoms. The lowest BCUT2D eigenvalue weighted by molar-refractivity contribution is 0.0993. The van der Waals surface area contributed by atoms with E-state index < -0.39 is 0 Å². The molecule has 0 N–H and O–H groups in total. The van der Waals surface area contributed by atoms with E-state index in [1.54, 1.807) is 46.1 Å². The summed E-state index contributed by atoms with van der Waals surface area (Å²) < 4.78 is 3.45. The van der Waals surface area contributed by atoms with Crippen LogP contribution < -0.4 is 4.90 Å². The normalized spacial score (nSPS) is 11.1. The van der Waals surface area contributed by atoms with Crippen LogP contribution in [0.1, 0.15) is 10.4 Å². The van der Waals surface area contributed by atoms with Crippen molar-refractivity contribution in [3.63, 3.8) is 0 Å². The van der Waals surface area contributed by atoms with E-state index in [1.165, 1.54) is 0 Å². The number of amides is 1. The van der Waals surface area contributed by atoms with Crippen LogP contribution in [0, 0.1) is 0 Å². The van der Waals surface area contributed by atoms with Crippen LogP contribution in [0.15, 0.2) is 24.8 Å². The van der Waals surface area contributed by atoms with Crippen LogP contribution in [0.25, 0.3) is 0 Å². The van der Waals surface area contributed by atoms with Crippen LogP contribution in [0.5, 0.6) is 0 Å². The van der Waals surface area contributed by atoms with Crippen molar-refractivity contribution >= 4 is 11.6 Å². The summed E-state index contributed by atoms with van der Waals surface area (Å²) in [6.07, 6.45) is 6.84. The Kier molecular flexibility index (Phi) is 4.19. The van der Waals surface area contributed by atoms with Gasteiger partial charge >= 0.3 is 0 Å². The molecular weight excluding hydrogens is 256 g/mol. The molecule has 0 saturated carbocycles. The van der Waals surface area contributed by atoms with Crippen molar-refractivity contribution in [2.24, 2.45) is 7.05 Å². The quantitative estimate of drug-likeness (QED) is 0.796. The lowest BCUT2D eigenvalue weighted by Gasteiger charge is -2.13. The van der Waals surface area contributed by atoms with Gasteiger partial charge in [0.15, 0.2) is 0 Å². The molecule has 0 aromatic carbocycles. The minimum atomic E-state index is -0.0888. The molecule has 0 spiro atoms. The minimum absolute atomic E-state index is 0.0888. The van der Waals surface area contributed by atoms with E-state index in [-0.39, 0.29) is 5.91 Å². The summed E-state index contributed by atoms with van der Waals surface area (Å²) in [5.74, 6) is -0.0888. The zero-order valence-electron chi connectivity index (χ0n) is 12.3. The Hall–Kier alpha value is -2.15. The van der Waals surface area contributed by atoms with E-state index in [9.17, 15) is 4.79 Å². The molecule has 0 saturated heterocycles. The molecule has 1 amide bonds. The first-order chi connectivity index (χ1) is 9.47. The van der Waals surface area contributed by atoms with Gasteiger partial charge in [-0.1, -0.05) is 0 Å². The smallest absolute Gasteiger partial charge is 0.261 e. The second kappa shape index (κ2) is 5.87. The summed E-state index contributed by atoms with van der Waals surface area (Å²) in [4.78, 5) is 16.0. The van der Waals surface area contributed by atoms with Gasteiger partial charge in [-0.15, -0.1) is 0 Å². The van der Waals surface area contributed by atoms with E-state index in [0.29, 0.717) is 5.56 Å². The average Bonchev–Trinajstić information content (AvgIpc) is 3.03. The summed E-state index contributed by atoms with van der Waals surface area (Å²) in [6, 6.07) is 0. The molecule has 0 aliphatic rings. The summed E-state index contributed by atoms with van der Waals surface area (Å²) in [5, 5.41) is 8.28. The highest BCUT2D eigenvalue weighted by Crippen LogP contribution is 2.13. The fraction of sp³-hybridized carbons (Fsp3) is 0.462. The van der Waals surface area contributed by atoms with E-state index in [4.69, 9.17) is 0 Å². The molecule has 7 heteroatoms. The maximum Gasteiger partial charge on any atom is 0.261 e. The van der Waals surface area contributed by atoms with E-state index in [0.717, 1.165) is 18.8 Å². The van der Waals surface area contributed by atoms with Crippen molar-refractivity contribution in [1.29, 1.82) is 0 Å². The topological polar surface area (TPSA) is 59.2 Å². The van der Waals surface area contributed by atoms with Gasteiger partial charge in [-0.2, -0.15) is 10.2 Å². The van der Waals surface area contributed by atoms with E-state index in [1.807, 2.05) is 21.1 Å². The highest BCUT2D eigenvalue weighted by Gasteiger charge is 2.16. The number of carbonyl (C=O) groups is 1. The van der Waals surface area contributed by atoms with Crippen molar-refractivity contribution in [3.05, 3.63) is 30.4 Å². The van der Waals surface area contributed by atoms with Crippen molar-refractivity contribution in [2.45, 2.75) is 6.54 Å².